The van der Waals surface area contributed by atoms with E-state index in [2.05, 4.69) is 10.3 Å². The van der Waals surface area contributed by atoms with Gasteiger partial charge in [0.05, 0.1) is 5.56 Å². The van der Waals surface area contributed by atoms with E-state index >= 15 is 0 Å². The summed E-state index contributed by atoms with van der Waals surface area (Å²) in [4.78, 5) is 3.81. The maximum Gasteiger partial charge on any atom is 0.417 e. The van der Waals surface area contributed by atoms with Crippen LogP contribution in [0.4, 0.5) is 13.2 Å². The molecule has 0 aliphatic carbocycles. The van der Waals surface area contributed by atoms with Crippen LogP contribution in [0.25, 0.3) is 11.1 Å². The topological polar surface area (TPSA) is 24.9 Å². The Labute approximate surface area is 115 Å². The molecule has 20 heavy (non-hydrogen) atoms. The van der Waals surface area contributed by atoms with Crippen molar-refractivity contribution in [3.63, 3.8) is 0 Å². The molecule has 0 aliphatic heterocycles. The standard InChI is InChI=1S/C15H15F3N2/c1-2-19-9-11-4-3-5-12(8-11)13-10-20-7-6-14(13)15(16,17)18/h3-8,10,19H,2,9H2,1H3. The molecule has 1 heterocycles. The molecule has 1 aromatic heterocycles. The predicted octanol–water partition coefficient (Wildman–Crippen LogP) is 3.88. The second kappa shape index (κ2) is 6.05. The molecule has 0 spiro atoms. The number of hydrogen-bond donors (Lipinski definition) is 1. The summed E-state index contributed by atoms with van der Waals surface area (Å²) < 4.78 is 39.0. The summed E-state index contributed by atoms with van der Waals surface area (Å²) in [5.74, 6) is 0. The van der Waals surface area contributed by atoms with E-state index in [-0.39, 0.29) is 5.56 Å². The third kappa shape index (κ3) is 3.36. The number of nitrogens with zero attached hydrogens (tertiary/aromatic N) is 1. The number of alkyl halides is 3. The lowest BCUT2D eigenvalue weighted by Gasteiger charge is -2.13. The fourth-order valence-corrected chi connectivity index (χ4v) is 1.99. The normalized spacial score (nSPS) is 11.6. The molecule has 0 fully saturated rings. The van der Waals surface area contributed by atoms with Gasteiger partial charge in [0.15, 0.2) is 0 Å². The van der Waals surface area contributed by atoms with Crippen molar-refractivity contribution in [1.29, 1.82) is 0 Å². The van der Waals surface area contributed by atoms with E-state index < -0.39 is 11.7 Å². The van der Waals surface area contributed by atoms with Gasteiger partial charge in [-0.15, -0.1) is 0 Å². The molecule has 1 aromatic carbocycles. The molecule has 0 unspecified atom stereocenters. The van der Waals surface area contributed by atoms with Crippen molar-refractivity contribution in [3.8, 4) is 11.1 Å². The van der Waals surface area contributed by atoms with Crippen molar-refractivity contribution in [2.75, 3.05) is 6.54 Å². The summed E-state index contributed by atoms with van der Waals surface area (Å²) in [5, 5.41) is 3.15. The van der Waals surface area contributed by atoms with E-state index in [1.54, 1.807) is 18.2 Å². The molecule has 106 valence electrons. The Morgan fingerprint density at radius 2 is 2.00 bits per heavy atom. The lowest BCUT2D eigenvalue weighted by Crippen LogP contribution is -2.11. The maximum absolute atomic E-state index is 13.0. The number of pyridine rings is 1. The van der Waals surface area contributed by atoms with Gasteiger partial charge >= 0.3 is 6.18 Å². The highest BCUT2D eigenvalue weighted by molar-refractivity contribution is 5.67. The lowest BCUT2D eigenvalue weighted by molar-refractivity contribution is -0.137. The first-order chi connectivity index (χ1) is 9.52. The van der Waals surface area contributed by atoms with Gasteiger partial charge in [-0.25, -0.2) is 0 Å². The van der Waals surface area contributed by atoms with Gasteiger partial charge in [0, 0.05) is 24.5 Å². The number of nitrogens with one attached hydrogen (secondary N) is 1. The van der Waals surface area contributed by atoms with Gasteiger partial charge in [-0.05, 0) is 29.8 Å². The number of benzene rings is 1. The van der Waals surface area contributed by atoms with Crippen molar-refractivity contribution in [3.05, 3.63) is 53.9 Å². The van der Waals surface area contributed by atoms with Crippen LogP contribution in [0, 0.1) is 0 Å². The smallest absolute Gasteiger partial charge is 0.313 e. The second-order valence-electron chi connectivity index (χ2n) is 4.40. The van der Waals surface area contributed by atoms with Crippen LogP contribution in [0.3, 0.4) is 0 Å². The monoisotopic (exact) mass is 280 g/mol. The fraction of sp³-hybridized carbons (Fsp3) is 0.267. The van der Waals surface area contributed by atoms with Gasteiger partial charge in [0.25, 0.3) is 0 Å². The van der Waals surface area contributed by atoms with Crippen LogP contribution in [0.2, 0.25) is 0 Å². The number of halogens is 3. The van der Waals surface area contributed by atoms with Crippen LogP contribution in [-0.2, 0) is 12.7 Å². The van der Waals surface area contributed by atoms with Crippen LogP contribution in [0.1, 0.15) is 18.1 Å². The molecule has 1 N–H and O–H groups in total. The van der Waals surface area contributed by atoms with Crippen LogP contribution < -0.4 is 5.32 Å². The Morgan fingerprint density at radius 3 is 2.70 bits per heavy atom. The zero-order valence-corrected chi connectivity index (χ0v) is 11.0. The minimum atomic E-state index is -4.38. The summed E-state index contributed by atoms with van der Waals surface area (Å²) >= 11 is 0. The minimum absolute atomic E-state index is 0.110. The third-order valence-electron chi connectivity index (χ3n) is 2.94. The molecule has 5 heteroatoms. The van der Waals surface area contributed by atoms with Crippen molar-refractivity contribution in [2.24, 2.45) is 0 Å². The first-order valence-corrected chi connectivity index (χ1v) is 6.33. The van der Waals surface area contributed by atoms with Crippen LogP contribution >= 0.6 is 0 Å². The first kappa shape index (κ1) is 14.5. The molecule has 0 atom stereocenters. The lowest BCUT2D eigenvalue weighted by atomic mass is 10.00. The van der Waals surface area contributed by atoms with Crippen LogP contribution in [0.15, 0.2) is 42.7 Å². The highest BCUT2D eigenvalue weighted by Crippen LogP contribution is 2.36. The molecule has 0 bridgehead atoms. The average Bonchev–Trinajstić information content (AvgIpc) is 2.44. The fourth-order valence-electron chi connectivity index (χ4n) is 1.99. The summed E-state index contributed by atoms with van der Waals surface area (Å²) in [6.07, 6.45) is -1.96. The molecular formula is C15H15F3N2. The minimum Gasteiger partial charge on any atom is -0.313 e. The van der Waals surface area contributed by atoms with Crippen LogP contribution in [0.5, 0.6) is 0 Å². The summed E-state index contributed by atoms with van der Waals surface area (Å²) in [7, 11) is 0. The number of hydrogen-bond acceptors (Lipinski definition) is 2. The highest BCUT2D eigenvalue weighted by atomic mass is 19.4. The number of rotatable bonds is 4. The van der Waals surface area contributed by atoms with Crippen molar-refractivity contribution < 1.29 is 13.2 Å². The largest absolute Gasteiger partial charge is 0.417 e. The molecule has 0 saturated carbocycles. The zero-order valence-electron chi connectivity index (χ0n) is 11.0. The van der Waals surface area contributed by atoms with Crippen LogP contribution in [-0.4, -0.2) is 11.5 Å². The average molecular weight is 280 g/mol. The SMILES string of the molecule is CCNCc1cccc(-c2cnccc2C(F)(F)F)c1. The Bertz CT molecular complexity index is 579. The third-order valence-corrected chi connectivity index (χ3v) is 2.94. The Morgan fingerprint density at radius 1 is 1.20 bits per heavy atom. The van der Waals surface area contributed by atoms with Crippen molar-refractivity contribution >= 4 is 0 Å². The Kier molecular flexibility index (Phi) is 4.39. The maximum atomic E-state index is 13.0. The molecule has 2 aromatic rings. The van der Waals surface area contributed by atoms with Gasteiger partial charge in [-0.2, -0.15) is 13.2 Å². The molecule has 0 amide bonds. The van der Waals surface area contributed by atoms with Crippen molar-refractivity contribution in [2.45, 2.75) is 19.6 Å². The van der Waals surface area contributed by atoms with E-state index in [1.807, 2.05) is 13.0 Å². The van der Waals surface area contributed by atoms with Gasteiger partial charge in [0.1, 0.15) is 0 Å². The van der Waals surface area contributed by atoms with E-state index in [9.17, 15) is 13.2 Å². The second-order valence-corrected chi connectivity index (χ2v) is 4.40. The molecule has 2 nitrogen and oxygen atoms in total. The van der Waals surface area contributed by atoms with E-state index in [0.29, 0.717) is 12.1 Å². The van der Waals surface area contributed by atoms with E-state index in [1.165, 1.54) is 6.20 Å². The van der Waals surface area contributed by atoms with E-state index in [0.717, 1.165) is 24.4 Å². The molecule has 2 rings (SSSR count). The number of aromatic nitrogens is 1. The van der Waals surface area contributed by atoms with E-state index in [4.69, 9.17) is 0 Å². The van der Waals surface area contributed by atoms with Gasteiger partial charge in [-0.1, -0.05) is 25.1 Å². The zero-order chi connectivity index (χ0) is 14.6. The molecule has 0 radical (unpaired) electrons. The molecular weight excluding hydrogens is 265 g/mol. The Hall–Kier alpha value is -1.88. The molecule has 0 aliphatic rings. The molecule has 0 saturated heterocycles. The van der Waals surface area contributed by atoms with Gasteiger partial charge in [0.2, 0.25) is 0 Å². The quantitative estimate of drug-likeness (QED) is 0.919. The van der Waals surface area contributed by atoms with Gasteiger partial charge in [-0.3, -0.25) is 4.98 Å². The first-order valence-electron chi connectivity index (χ1n) is 6.33. The van der Waals surface area contributed by atoms with Crippen molar-refractivity contribution in [1.82, 2.24) is 10.3 Å². The summed E-state index contributed by atoms with van der Waals surface area (Å²) in [6, 6.07) is 8.08. The Balaban J connectivity index is 2.42. The summed E-state index contributed by atoms with van der Waals surface area (Å²) in [5.41, 5.74) is 0.925. The highest BCUT2D eigenvalue weighted by Gasteiger charge is 2.33. The predicted molar refractivity (Wildman–Crippen MR) is 72.1 cm³/mol. The van der Waals surface area contributed by atoms with Gasteiger partial charge < -0.3 is 5.32 Å². The summed E-state index contributed by atoms with van der Waals surface area (Å²) in [6.45, 7) is 3.42.